The van der Waals surface area contributed by atoms with Gasteiger partial charge in [-0.3, -0.25) is 0 Å². The maximum absolute atomic E-state index is 13.8. The number of halogens is 1. The molecule has 0 aliphatic carbocycles. The molecule has 6 nitrogen and oxygen atoms in total. The summed E-state index contributed by atoms with van der Waals surface area (Å²) in [7, 11) is -8.78. The molecule has 0 fully saturated rings. The number of rotatable bonds is 13. The van der Waals surface area contributed by atoms with Gasteiger partial charge in [-0.15, -0.1) is 11.8 Å². The fourth-order valence-electron chi connectivity index (χ4n) is 3.94. The van der Waals surface area contributed by atoms with Crippen LogP contribution >= 0.6 is 23.4 Å². The van der Waals surface area contributed by atoms with E-state index in [-0.39, 0.29) is 21.6 Å². The first-order valence-electron chi connectivity index (χ1n) is 12.7. The van der Waals surface area contributed by atoms with Gasteiger partial charge in [-0.1, -0.05) is 69.4 Å². The molecule has 0 radical (unpaired) electrons. The van der Waals surface area contributed by atoms with Gasteiger partial charge >= 0.3 is 0 Å². The average molecular weight is 616 g/mol. The molecular weight excluding hydrogens is 586 g/mol. The molecule has 0 bridgehead atoms. The quantitative estimate of drug-likeness (QED) is 0.118. The standard InChI is InChI=1S/C30H30ClNO5S3/c1-24-14-20-27(21-15-24)38-28(9-8-22-37-26-18-16-25(31)17-19-26)23-32(39(33,34)29-10-4-2-5-11-29)40(35,36)30-12-6-3-7-13-30/h2-7,10-21,28H,8-9,22-23H2,1H3. The van der Waals surface area contributed by atoms with Crippen molar-refractivity contribution >= 4 is 43.4 Å². The summed E-state index contributed by atoms with van der Waals surface area (Å²) in [6.45, 7) is 2.12. The smallest absolute Gasteiger partial charge is 0.256 e. The van der Waals surface area contributed by atoms with Crippen molar-refractivity contribution in [2.75, 3.05) is 13.2 Å². The summed E-state index contributed by atoms with van der Waals surface area (Å²) in [5.74, 6) is 0.673. The molecule has 4 aromatic carbocycles. The summed E-state index contributed by atoms with van der Waals surface area (Å²) in [5.41, 5.74) is 1.09. The van der Waals surface area contributed by atoms with Gasteiger partial charge in [-0.25, -0.2) is 16.8 Å². The first kappa shape index (κ1) is 30.1. The number of benzene rings is 4. The Morgan fingerprint density at radius 3 is 1.80 bits per heavy atom. The van der Waals surface area contributed by atoms with Crippen molar-refractivity contribution in [3.05, 3.63) is 120 Å². The lowest BCUT2D eigenvalue weighted by Crippen LogP contribution is -2.41. The van der Waals surface area contributed by atoms with E-state index < -0.39 is 20.0 Å². The zero-order valence-electron chi connectivity index (χ0n) is 21.9. The van der Waals surface area contributed by atoms with Crippen molar-refractivity contribution < 1.29 is 21.6 Å². The molecule has 0 spiro atoms. The van der Waals surface area contributed by atoms with E-state index in [1.165, 1.54) is 36.0 Å². The normalized spacial score (nSPS) is 12.8. The lowest BCUT2D eigenvalue weighted by atomic mass is 10.2. The zero-order valence-corrected chi connectivity index (χ0v) is 25.1. The summed E-state index contributed by atoms with van der Waals surface area (Å²) >= 11 is 7.40. The van der Waals surface area contributed by atoms with Crippen LogP contribution in [-0.2, 0) is 20.0 Å². The number of hydrogen-bond donors (Lipinski definition) is 0. The molecule has 0 amide bonds. The second-order valence-corrected chi connectivity index (χ2v) is 14.9. The maximum Gasteiger partial charge on any atom is 0.256 e. The molecule has 1 unspecified atom stereocenters. The van der Waals surface area contributed by atoms with Gasteiger partial charge in [0.2, 0.25) is 0 Å². The molecule has 0 aromatic heterocycles. The molecule has 40 heavy (non-hydrogen) atoms. The summed E-state index contributed by atoms with van der Waals surface area (Å²) in [6.07, 6.45) is 1.09. The van der Waals surface area contributed by atoms with Crippen molar-refractivity contribution in [2.45, 2.75) is 39.7 Å². The molecule has 0 aliphatic rings. The Bertz CT molecular complexity index is 1510. The third-order valence-electron chi connectivity index (χ3n) is 6.05. The van der Waals surface area contributed by atoms with E-state index >= 15 is 0 Å². The van der Waals surface area contributed by atoms with E-state index in [9.17, 15) is 16.8 Å². The molecule has 4 rings (SSSR count). The Hall–Kier alpha value is -2.82. The molecule has 0 aliphatic heterocycles. The second kappa shape index (κ2) is 13.7. The number of aryl methyl sites for hydroxylation is 1. The van der Waals surface area contributed by atoms with Crippen molar-refractivity contribution in [1.29, 1.82) is 0 Å². The fourth-order valence-corrected chi connectivity index (χ4v) is 9.22. The van der Waals surface area contributed by atoms with Crippen LogP contribution < -0.4 is 4.74 Å². The molecule has 0 N–H and O–H groups in total. The average Bonchev–Trinajstić information content (AvgIpc) is 2.96. The van der Waals surface area contributed by atoms with Gasteiger partial charge in [0.25, 0.3) is 20.0 Å². The number of nitrogens with zero attached hydrogens (tertiary/aromatic N) is 1. The summed E-state index contributed by atoms with van der Waals surface area (Å²) in [6, 6.07) is 30.2. The largest absolute Gasteiger partial charge is 0.494 e. The molecule has 10 heteroatoms. The summed E-state index contributed by atoms with van der Waals surface area (Å²) in [4.78, 5) is 0.753. The van der Waals surface area contributed by atoms with Crippen molar-refractivity contribution in [2.24, 2.45) is 0 Å². The number of hydrogen-bond acceptors (Lipinski definition) is 6. The minimum absolute atomic E-state index is 0.0836. The molecule has 1 atom stereocenters. The molecule has 0 heterocycles. The first-order chi connectivity index (χ1) is 19.2. The fraction of sp³-hybridized carbons (Fsp3) is 0.200. The second-order valence-electron chi connectivity index (χ2n) is 9.09. The number of ether oxygens (including phenoxy) is 1. The molecule has 0 saturated heterocycles. The third kappa shape index (κ3) is 7.89. The van der Waals surface area contributed by atoms with E-state index in [2.05, 4.69) is 0 Å². The Labute approximate surface area is 246 Å². The van der Waals surface area contributed by atoms with E-state index in [1.54, 1.807) is 60.7 Å². The van der Waals surface area contributed by atoms with E-state index in [0.717, 1.165) is 10.5 Å². The molecule has 0 saturated carbocycles. The number of thioether (sulfide) groups is 1. The van der Waals surface area contributed by atoms with Crippen LogP contribution in [0.1, 0.15) is 18.4 Å². The predicted octanol–water partition coefficient (Wildman–Crippen LogP) is 7.05. The molecular formula is C30H30ClNO5S3. The Balaban J connectivity index is 1.63. The van der Waals surface area contributed by atoms with Crippen LogP contribution in [0.4, 0.5) is 0 Å². The van der Waals surface area contributed by atoms with Gasteiger partial charge in [0, 0.05) is 21.7 Å². The Morgan fingerprint density at radius 2 is 1.27 bits per heavy atom. The Morgan fingerprint density at radius 1 is 0.750 bits per heavy atom. The highest BCUT2D eigenvalue weighted by atomic mass is 35.5. The van der Waals surface area contributed by atoms with E-state index in [4.69, 9.17) is 16.3 Å². The highest BCUT2D eigenvalue weighted by Gasteiger charge is 2.38. The van der Waals surface area contributed by atoms with Gasteiger partial charge in [-0.2, -0.15) is 0 Å². The minimum atomic E-state index is -4.39. The zero-order chi connectivity index (χ0) is 28.6. The lowest BCUT2D eigenvalue weighted by molar-refractivity contribution is 0.305. The SMILES string of the molecule is Cc1ccc(SC(CCCOc2ccc(Cl)cc2)CN(S(=O)(=O)c2ccccc2)S(=O)(=O)c2ccccc2)cc1. The third-order valence-corrected chi connectivity index (χ3v) is 11.8. The Kier molecular flexibility index (Phi) is 10.3. The molecule has 4 aromatic rings. The van der Waals surface area contributed by atoms with Crippen LogP contribution in [0, 0.1) is 6.92 Å². The van der Waals surface area contributed by atoms with Crippen molar-refractivity contribution in [1.82, 2.24) is 3.71 Å². The number of sulfonamides is 2. The first-order valence-corrected chi connectivity index (χ1v) is 16.8. The maximum atomic E-state index is 13.8. The van der Waals surface area contributed by atoms with E-state index in [0.29, 0.717) is 33.9 Å². The minimum Gasteiger partial charge on any atom is -0.494 e. The monoisotopic (exact) mass is 615 g/mol. The van der Waals surface area contributed by atoms with Gasteiger partial charge in [0.15, 0.2) is 0 Å². The van der Waals surface area contributed by atoms with Gasteiger partial charge in [0.1, 0.15) is 5.75 Å². The van der Waals surface area contributed by atoms with Crippen molar-refractivity contribution in [3.8, 4) is 5.75 Å². The van der Waals surface area contributed by atoms with Crippen molar-refractivity contribution in [3.63, 3.8) is 0 Å². The van der Waals surface area contributed by atoms with Crippen LogP contribution in [0.15, 0.2) is 124 Å². The lowest BCUT2D eigenvalue weighted by Gasteiger charge is -2.27. The van der Waals surface area contributed by atoms with E-state index in [1.807, 2.05) is 31.2 Å². The van der Waals surface area contributed by atoms with Gasteiger partial charge in [-0.05, 0) is 80.4 Å². The predicted molar refractivity (Wildman–Crippen MR) is 161 cm³/mol. The topological polar surface area (TPSA) is 80.8 Å². The van der Waals surface area contributed by atoms with Crippen LogP contribution in [0.3, 0.4) is 0 Å². The van der Waals surface area contributed by atoms with Gasteiger partial charge < -0.3 is 4.74 Å². The summed E-state index contributed by atoms with van der Waals surface area (Å²) < 4.78 is 61.8. The summed E-state index contributed by atoms with van der Waals surface area (Å²) in [5, 5.41) is 0.231. The van der Waals surface area contributed by atoms with Crippen LogP contribution in [0.25, 0.3) is 0 Å². The van der Waals surface area contributed by atoms with Crippen LogP contribution in [0.2, 0.25) is 5.02 Å². The highest BCUT2D eigenvalue weighted by molar-refractivity contribution is 8.04. The van der Waals surface area contributed by atoms with Gasteiger partial charge in [0.05, 0.1) is 16.4 Å². The van der Waals surface area contributed by atoms with Crippen LogP contribution in [-0.4, -0.2) is 38.9 Å². The van der Waals surface area contributed by atoms with Crippen LogP contribution in [0.5, 0.6) is 5.75 Å². The molecule has 210 valence electrons. The highest BCUT2D eigenvalue weighted by Crippen LogP contribution is 2.32.